The number of carbonyl (C=O) groups excluding carboxylic acids is 2. The summed E-state index contributed by atoms with van der Waals surface area (Å²) >= 11 is 0. The third-order valence-corrected chi connectivity index (χ3v) is 10.3. The standard InChI is InChI=1S/C49H45N9O2/c59-48(52-21-7-25-55-29-23-50-36-55)43-17-19-46(57-27-4-5-28-57)41(32-43)16-14-39-11-6-12-40(31-39)45-34-54-58(35-45)47-20-18-44(33-42(47)15-13-38-9-2-1-3-10-38)49(60)53-22-8-26-56-30-24-51-37-56/h1-3,6,9-12,17-20,23-24,29-37H,4-5,7-8,21-22,25-28H2,(H,52,59)(H,53,60). The van der Waals surface area contributed by atoms with Crippen LogP contribution >= 0.6 is 0 Å². The minimum absolute atomic E-state index is 0.111. The number of anilines is 1. The number of aromatic nitrogens is 6. The van der Waals surface area contributed by atoms with Gasteiger partial charge in [0.2, 0.25) is 0 Å². The molecule has 1 fully saturated rings. The van der Waals surface area contributed by atoms with Crippen molar-refractivity contribution in [3.05, 3.63) is 174 Å². The van der Waals surface area contributed by atoms with Gasteiger partial charge in [-0.15, -0.1) is 0 Å². The third-order valence-electron chi connectivity index (χ3n) is 10.3. The van der Waals surface area contributed by atoms with Gasteiger partial charge in [-0.1, -0.05) is 54.0 Å². The SMILES string of the molecule is O=C(NCCCn1ccnc1)c1ccc(N2CCCC2)c(C#Cc2cccc(-c3cnn(-c4ccc(C(=O)NCCCn5ccnc5)cc4C#Cc4ccccc4)c3)c2)c1. The number of nitrogens with zero attached hydrogens (tertiary/aromatic N) is 7. The maximum Gasteiger partial charge on any atom is 0.251 e. The number of carbonyl (C=O) groups is 2. The lowest BCUT2D eigenvalue weighted by Gasteiger charge is -2.20. The Morgan fingerprint density at radius 3 is 1.85 bits per heavy atom. The summed E-state index contributed by atoms with van der Waals surface area (Å²) in [6.07, 6.45) is 18.5. The van der Waals surface area contributed by atoms with Gasteiger partial charge in [0.15, 0.2) is 0 Å². The highest BCUT2D eigenvalue weighted by Gasteiger charge is 2.17. The molecular formula is C49H45N9O2. The molecule has 8 rings (SSSR count). The number of nitrogens with one attached hydrogen (secondary N) is 2. The van der Waals surface area contributed by atoms with Crippen LogP contribution in [0.15, 0.2) is 141 Å². The molecule has 298 valence electrons. The minimum Gasteiger partial charge on any atom is -0.371 e. The maximum atomic E-state index is 13.2. The predicted molar refractivity (Wildman–Crippen MR) is 234 cm³/mol. The highest BCUT2D eigenvalue weighted by molar-refractivity contribution is 5.96. The van der Waals surface area contributed by atoms with E-state index in [-0.39, 0.29) is 11.8 Å². The quantitative estimate of drug-likeness (QED) is 0.0964. The molecule has 11 heteroatoms. The number of aryl methyl sites for hydroxylation is 2. The van der Waals surface area contributed by atoms with Crippen molar-refractivity contribution in [3.63, 3.8) is 0 Å². The number of hydrogen-bond donors (Lipinski definition) is 2. The van der Waals surface area contributed by atoms with Gasteiger partial charge >= 0.3 is 0 Å². The van der Waals surface area contributed by atoms with Gasteiger partial charge in [-0.3, -0.25) is 9.59 Å². The average Bonchev–Trinajstić information content (AvgIpc) is 4.15. The lowest BCUT2D eigenvalue weighted by atomic mass is 10.0. The molecule has 0 atom stereocenters. The Morgan fingerprint density at radius 2 is 1.22 bits per heavy atom. The average molecular weight is 792 g/mol. The topological polar surface area (TPSA) is 115 Å². The predicted octanol–water partition coefficient (Wildman–Crippen LogP) is 6.97. The van der Waals surface area contributed by atoms with Crippen molar-refractivity contribution in [2.75, 3.05) is 31.1 Å². The molecule has 0 radical (unpaired) electrons. The first-order chi connectivity index (χ1) is 29.6. The summed E-state index contributed by atoms with van der Waals surface area (Å²) in [6.45, 7) is 4.60. The molecular weight excluding hydrogens is 747 g/mol. The van der Waals surface area contributed by atoms with Crippen molar-refractivity contribution in [2.45, 2.75) is 38.8 Å². The van der Waals surface area contributed by atoms with E-state index in [1.165, 1.54) is 0 Å². The lowest BCUT2D eigenvalue weighted by molar-refractivity contribution is 0.0944. The first kappa shape index (κ1) is 39.2. The first-order valence-corrected chi connectivity index (χ1v) is 20.3. The Hall–Kier alpha value is -7.63. The van der Waals surface area contributed by atoms with Crippen molar-refractivity contribution >= 4 is 17.5 Å². The van der Waals surface area contributed by atoms with Gasteiger partial charge in [-0.2, -0.15) is 5.10 Å². The molecule has 0 spiro atoms. The van der Waals surface area contributed by atoms with Gasteiger partial charge in [0.1, 0.15) is 0 Å². The Morgan fingerprint density at radius 1 is 0.617 bits per heavy atom. The van der Waals surface area contributed by atoms with Gasteiger partial charge in [-0.25, -0.2) is 14.6 Å². The molecule has 2 amide bonds. The smallest absolute Gasteiger partial charge is 0.251 e. The zero-order valence-electron chi connectivity index (χ0n) is 33.3. The first-order valence-electron chi connectivity index (χ1n) is 20.3. The monoisotopic (exact) mass is 791 g/mol. The number of rotatable bonds is 13. The van der Waals surface area contributed by atoms with Crippen LogP contribution in [-0.2, 0) is 13.1 Å². The third kappa shape index (κ3) is 10.1. The van der Waals surface area contributed by atoms with Crippen molar-refractivity contribution < 1.29 is 9.59 Å². The van der Waals surface area contributed by atoms with Crippen LogP contribution in [0, 0.1) is 23.7 Å². The molecule has 1 aliphatic rings. The van der Waals surface area contributed by atoms with Crippen molar-refractivity contribution in [1.29, 1.82) is 0 Å². The Bertz CT molecular complexity index is 2670. The minimum atomic E-state index is -0.158. The summed E-state index contributed by atoms with van der Waals surface area (Å²) in [5.41, 5.74) is 8.02. The fourth-order valence-corrected chi connectivity index (χ4v) is 7.14. The number of imidazole rings is 2. The molecule has 1 aliphatic heterocycles. The van der Waals surface area contributed by atoms with Crippen LogP contribution in [0.2, 0.25) is 0 Å². The number of hydrogen-bond acceptors (Lipinski definition) is 6. The van der Waals surface area contributed by atoms with Gasteiger partial charge in [-0.05, 0) is 91.9 Å². The van der Waals surface area contributed by atoms with Crippen LogP contribution in [-0.4, -0.2) is 66.9 Å². The van der Waals surface area contributed by atoms with E-state index in [1.54, 1.807) is 29.7 Å². The van der Waals surface area contributed by atoms with E-state index in [9.17, 15) is 9.59 Å². The number of benzene rings is 4. The molecule has 7 aromatic rings. The molecule has 0 bridgehead atoms. The van der Waals surface area contributed by atoms with Crippen LogP contribution in [0.1, 0.15) is 68.7 Å². The zero-order valence-corrected chi connectivity index (χ0v) is 33.3. The summed E-state index contributed by atoms with van der Waals surface area (Å²) in [5, 5.41) is 10.8. The summed E-state index contributed by atoms with van der Waals surface area (Å²) in [7, 11) is 0. The molecule has 3 aromatic heterocycles. The van der Waals surface area contributed by atoms with Crippen molar-refractivity contribution in [3.8, 4) is 40.5 Å². The molecule has 0 unspecified atom stereocenters. The summed E-state index contributed by atoms with van der Waals surface area (Å²) in [4.78, 5) is 36.9. The fourth-order valence-electron chi connectivity index (χ4n) is 7.14. The van der Waals surface area contributed by atoms with Gasteiger partial charge in [0, 0.05) is 104 Å². The van der Waals surface area contributed by atoms with Crippen LogP contribution in [0.25, 0.3) is 16.8 Å². The second-order valence-electron chi connectivity index (χ2n) is 14.6. The molecule has 0 aliphatic carbocycles. The summed E-state index contributed by atoms with van der Waals surface area (Å²) in [5.74, 6) is 13.1. The lowest BCUT2D eigenvalue weighted by Crippen LogP contribution is -2.25. The van der Waals surface area contributed by atoms with Crippen molar-refractivity contribution in [2.24, 2.45) is 0 Å². The van der Waals surface area contributed by atoms with E-state index >= 15 is 0 Å². The van der Waals surface area contributed by atoms with Crippen LogP contribution < -0.4 is 15.5 Å². The highest BCUT2D eigenvalue weighted by Crippen LogP contribution is 2.27. The molecule has 11 nitrogen and oxygen atoms in total. The Balaban J connectivity index is 1.00. The van der Waals surface area contributed by atoms with Crippen LogP contribution in [0.4, 0.5) is 5.69 Å². The van der Waals surface area contributed by atoms with Crippen LogP contribution in [0.3, 0.4) is 0 Å². The molecule has 4 aromatic carbocycles. The summed E-state index contributed by atoms with van der Waals surface area (Å²) in [6, 6.07) is 29.2. The summed E-state index contributed by atoms with van der Waals surface area (Å²) < 4.78 is 5.79. The molecule has 4 heterocycles. The van der Waals surface area contributed by atoms with Gasteiger partial charge < -0.3 is 24.7 Å². The fraction of sp³-hybridized carbons (Fsp3) is 0.204. The normalized spacial score (nSPS) is 12.0. The van der Waals surface area contributed by atoms with E-state index in [2.05, 4.69) is 55.2 Å². The Kier molecular flexibility index (Phi) is 12.6. The van der Waals surface area contributed by atoms with E-state index in [0.29, 0.717) is 29.8 Å². The van der Waals surface area contributed by atoms with E-state index in [1.807, 2.05) is 119 Å². The molecule has 2 N–H and O–H groups in total. The van der Waals surface area contributed by atoms with Gasteiger partial charge in [0.05, 0.1) is 35.8 Å². The molecule has 1 saturated heterocycles. The van der Waals surface area contributed by atoms with Gasteiger partial charge in [0.25, 0.3) is 11.8 Å². The van der Waals surface area contributed by atoms with E-state index in [4.69, 9.17) is 5.10 Å². The highest BCUT2D eigenvalue weighted by atomic mass is 16.2. The number of amides is 2. The van der Waals surface area contributed by atoms with E-state index < -0.39 is 0 Å². The zero-order chi connectivity index (χ0) is 40.9. The molecule has 0 saturated carbocycles. The Labute approximate surface area is 350 Å². The second-order valence-corrected chi connectivity index (χ2v) is 14.6. The van der Waals surface area contributed by atoms with E-state index in [0.717, 1.165) is 91.1 Å². The van der Waals surface area contributed by atoms with Crippen LogP contribution in [0.5, 0.6) is 0 Å². The largest absolute Gasteiger partial charge is 0.371 e. The molecule has 60 heavy (non-hydrogen) atoms. The second kappa shape index (κ2) is 19.2. The maximum absolute atomic E-state index is 13.2. The van der Waals surface area contributed by atoms with Crippen molar-refractivity contribution in [1.82, 2.24) is 39.5 Å².